The summed E-state index contributed by atoms with van der Waals surface area (Å²) in [6.07, 6.45) is 0. The fourth-order valence-electron chi connectivity index (χ4n) is 3.41. The van der Waals surface area contributed by atoms with E-state index < -0.39 is 0 Å². The molecule has 162 valence electrons. The zero-order valence-corrected chi connectivity index (χ0v) is 18.6. The van der Waals surface area contributed by atoms with Crippen LogP contribution < -0.4 is 5.32 Å². The zero-order chi connectivity index (χ0) is 22.5. The van der Waals surface area contributed by atoms with Gasteiger partial charge in [-0.2, -0.15) is 0 Å². The standard InChI is InChI=1S/C25H23FN4OS/c1-17(18-12-14-20(15-13-18)19-8-4-3-5-9-19)27-23(31)16-32-25-29-28-24(30(25)2)21-10-6-7-11-22(21)26/h3-15,17H,16H2,1-2H3,(H,27,31). The van der Waals surface area contributed by atoms with Crippen molar-refractivity contribution in [3.05, 3.63) is 90.2 Å². The normalized spacial score (nSPS) is 11.8. The van der Waals surface area contributed by atoms with E-state index in [0.29, 0.717) is 16.5 Å². The van der Waals surface area contributed by atoms with Crippen LogP contribution in [-0.4, -0.2) is 26.4 Å². The molecule has 1 amide bonds. The first-order chi connectivity index (χ1) is 15.5. The summed E-state index contributed by atoms with van der Waals surface area (Å²) >= 11 is 1.27. The average Bonchev–Trinajstić information content (AvgIpc) is 3.18. The van der Waals surface area contributed by atoms with Crippen LogP contribution in [0.4, 0.5) is 4.39 Å². The highest BCUT2D eigenvalue weighted by molar-refractivity contribution is 7.99. The molecule has 1 N–H and O–H groups in total. The van der Waals surface area contributed by atoms with Gasteiger partial charge in [-0.15, -0.1) is 10.2 Å². The van der Waals surface area contributed by atoms with Crippen LogP contribution in [0.3, 0.4) is 0 Å². The van der Waals surface area contributed by atoms with Gasteiger partial charge in [0.15, 0.2) is 11.0 Å². The lowest BCUT2D eigenvalue weighted by Crippen LogP contribution is -2.28. The number of rotatable bonds is 7. The van der Waals surface area contributed by atoms with Crippen LogP contribution in [0.25, 0.3) is 22.5 Å². The van der Waals surface area contributed by atoms with E-state index in [-0.39, 0.29) is 23.5 Å². The Kier molecular flexibility index (Phi) is 6.66. The topological polar surface area (TPSA) is 59.8 Å². The molecule has 32 heavy (non-hydrogen) atoms. The van der Waals surface area contributed by atoms with Crippen LogP contribution in [0, 0.1) is 5.82 Å². The fourth-order valence-corrected chi connectivity index (χ4v) is 4.13. The summed E-state index contributed by atoms with van der Waals surface area (Å²) in [6.45, 7) is 1.96. The van der Waals surface area contributed by atoms with E-state index in [1.165, 1.54) is 17.8 Å². The number of thioether (sulfide) groups is 1. The van der Waals surface area contributed by atoms with E-state index in [1.807, 2.05) is 37.3 Å². The lowest BCUT2D eigenvalue weighted by molar-refractivity contribution is -0.119. The SMILES string of the molecule is CC(NC(=O)CSc1nnc(-c2ccccc2F)n1C)c1ccc(-c2ccccc2)cc1. The molecular formula is C25H23FN4OS. The molecule has 0 aliphatic heterocycles. The van der Waals surface area contributed by atoms with Crippen LogP contribution >= 0.6 is 11.8 Å². The monoisotopic (exact) mass is 446 g/mol. The highest BCUT2D eigenvalue weighted by Crippen LogP contribution is 2.25. The molecule has 0 radical (unpaired) electrons. The zero-order valence-electron chi connectivity index (χ0n) is 17.8. The number of halogens is 1. The van der Waals surface area contributed by atoms with E-state index in [2.05, 4.69) is 39.8 Å². The highest BCUT2D eigenvalue weighted by Gasteiger charge is 2.16. The minimum atomic E-state index is -0.357. The van der Waals surface area contributed by atoms with Gasteiger partial charge in [0, 0.05) is 7.05 Å². The molecule has 0 bridgehead atoms. The maximum Gasteiger partial charge on any atom is 0.230 e. The second-order valence-electron chi connectivity index (χ2n) is 7.41. The van der Waals surface area contributed by atoms with Crippen molar-refractivity contribution in [1.29, 1.82) is 0 Å². The number of nitrogens with zero attached hydrogens (tertiary/aromatic N) is 3. The molecule has 4 aromatic rings. The van der Waals surface area contributed by atoms with Gasteiger partial charge >= 0.3 is 0 Å². The van der Waals surface area contributed by atoms with Gasteiger partial charge in [0.25, 0.3) is 0 Å². The van der Waals surface area contributed by atoms with Gasteiger partial charge in [0.2, 0.25) is 5.91 Å². The Hall–Kier alpha value is -3.45. The molecule has 1 heterocycles. The summed E-state index contributed by atoms with van der Waals surface area (Å²) in [5, 5.41) is 11.8. The Morgan fingerprint density at radius 3 is 2.34 bits per heavy atom. The fraction of sp³-hybridized carbons (Fsp3) is 0.160. The molecule has 1 atom stereocenters. The van der Waals surface area contributed by atoms with Crippen molar-refractivity contribution in [2.24, 2.45) is 7.05 Å². The van der Waals surface area contributed by atoms with Crippen LogP contribution in [-0.2, 0) is 11.8 Å². The third-order valence-corrected chi connectivity index (χ3v) is 6.20. The van der Waals surface area contributed by atoms with E-state index in [0.717, 1.165) is 16.7 Å². The molecule has 3 aromatic carbocycles. The molecular weight excluding hydrogens is 423 g/mol. The molecule has 1 unspecified atom stereocenters. The number of hydrogen-bond acceptors (Lipinski definition) is 4. The second kappa shape index (κ2) is 9.78. The number of amides is 1. The summed E-state index contributed by atoms with van der Waals surface area (Å²) in [7, 11) is 1.76. The Morgan fingerprint density at radius 1 is 0.969 bits per heavy atom. The third kappa shape index (κ3) is 4.89. The van der Waals surface area contributed by atoms with Crippen LogP contribution in [0.5, 0.6) is 0 Å². The maximum atomic E-state index is 14.1. The van der Waals surface area contributed by atoms with Crippen molar-refractivity contribution >= 4 is 17.7 Å². The summed E-state index contributed by atoms with van der Waals surface area (Å²) in [5.41, 5.74) is 3.71. The Bertz CT molecular complexity index is 1210. The minimum absolute atomic E-state index is 0.106. The first-order valence-corrected chi connectivity index (χ1v) is 11.2. The molecule has 4 rings (SSSR count). The van der Waals surface area contributed by atoms with Gasteiger partial charge in [-0.25, -0.2) is 4.39 Å². The lowest BCUT2D eigenvalue weighted by atomic mass is 10.0. The number of aromatic nitrogens is 3. The number of carbonyl (C=O) groups is 1. The molecule has 0 saturated heterocycles. The van der Waals surface area contributed by atoms with Crippen LogP contribution in [0.2, 0.25) is 0 Å². The van der Waals surface area contributed by atoms with Gasteiger partial charge in [0.1, 0.15) is 5.82 Å². The van der Waals surface area contributed by atoms with Gasteiger partial charge in [0.05, 0.1) is 17.4 Å². The Labute approximate surface area is 190 Å². The number of nitrogens with one attached hydrogen (secondary N) is 1. The van der Waals surface area contributed by atoms with E-state index in [1.54, 1.807) is 29.8 Å². The maximum absolute atomic E-state index is 14.1. The van der Waals surface area contributed by atoms with Crippen molar-refractivity contribution in [3.8, 4) is 22.5 Å². The van der Waals surface area contributed by atoms with Crippen molar-refractivity contribution in [1.82, 2.24) is 20.1 Å². The van der Waals surface area contributed by atoms with Crippen molar-refractivity contribution in [3.63, 3.8) is 0 Å². The van der Waals surface area contributed by atoms with Crippen molar-refractivity contribution < 1.29 is 9.18 Å². The summed E-state index contributed by atoms with van der Waals surface area (Å²) < 4.78 is 15.7. The highest BCUT2D eigenvalue weighted by atomic mass is 32.2. The minimum Gasteiger partial charge on any atom is -0.349 e. The summed E-state index contributed by atoms with van der Waals surface area (Å²) in [4.78, 5) is 12.5. The average molecular weight is 447 g/mol. The summed E-state index contributed by atoms with van der Waals surface area (Å²) in [6, 6.07) is 24.7. The van der Waals surface area contributed by atoms with Crippen LogP contribution in [0.1, 0.15) is 18.5 Å². The largest absolute Gasteiger partial charge is 0.349 e. The molecule has 7 heteroatoms. The molecule has 1 aromatic heterocycles. The van der Waals surface area contributed by atoms with E-state index >= 15 is 0 Å². The van der Waals surface area contributed by atoms with Gasteiger partial charge in [-0.1, -0.05) is 78.5 Å². The number of carbonyl (C=O) groups excluding carboxylic acids is 1. The van der Waals surface area contributed by atoms with Crippen molar-refractivity contribution in [2.75, 3.05) is 5.75 Å². The first-order valence-electron chi connectivity index (χ1n) is 10.2. The quantitative estimate of drug-likeness (QED) is 0.394. The van der Waals surface area contributed by atoms with Gasteiger partial charge < -0.3 is 9.88 Å². The van der Waals surface area contributed by atoms with Gasteiger partial charge in [-0.05, 0) is 35.7 Å². The number of benzene rings is 3. The predicted octanol–water partition coefficient (Wildman–Crippen LogP) is 5.26. The number of hydrogen-bond donors (Lipinski definition) is 1. The predicted molar refractivity (Wildman–Crippen MR) is 126 cm³/mol. The van der Waals surface area contributed by atoms with E-state index in [9.17, 15) is 9.18 Å². The first kappa shape index (κ1) is 21.8. The molecule has 0 aliphatic carbocycles. The van der Waals surface area contributed by atoms with Crippen molar-refractivity contribution in [2.45, 2.75) is 18.1 Å². The second-order valence-corrected chi connectivity index (χ2v) is 8.35. The molecule has 0 saturated carbocycles. The van der Waals surface area contributed by atoms with Crippen LogP contribution in [0.15, 0.2) is 84.0 Å². The summed E-state index contributed by atoms with van der Waals surface area (Å²) in [5.74, 6) is 0.155. The lowest BCUT2D eigenvalue weighted by Gasteiger charge is -2.15. The Balaban J connectivity index is 1.35. The van der Waals surface area contributed by atoms with Gasteiger partial charge in [-0.3, -0.25) is 4.79 Å². The van der Waals surface area contributed by atoms with E-state index in [4.69, 9.17) is 0 Å². The Morgan fingerprint density at radius 2 is 1.62 bits per heavy atom. The molecule has 0 aliphatic rings. The molecule has 0 spiro atoms. The smallest absolute Gasteiger partial charge is 0.230 e. The molecule has 0 fully saturated rings. The molecule has 5 nitrogen and oxygen atoms in total. The third-order valence-electron chi connectivity index (χ3n) is 5.18.